The summed E-state index contributed by atoms with van der Waals surface area (Å²) >= 11 is 0. The van der Waals surface area contributed by atoms with E-state index in [1.165, 1.54) is 6.33 Å². The summed E-state index contributed by atoms with van der Waals surface area (Å²) in [5.74, 6) is -0.801. The van der Waals surface area contributed by atoms with E-state index in [4.69, 9.17) is 4.74 Å². The fourth-order valence-electron chi connectivity index (χ4n) is 3.25. The molecule has 2 aromatic carbocycles. The van der Waals surface area contributed by atoms with Crippen LogP contribution in [0.1, 0.15) is 21.5 Å². The molecule has 7 nitrogen and oxygen atoms in total. The van der Waals surface area contributed by atoms with Crippen LogP contribution in [0.15, 0.2) is 85.3 Å². The number of nitrogens with zero attached hydrogens (tertiary/aromatic N) is 4. The summed E-state index contributed by atoms with van der Waals surface area (Å²) in [5, 5.41) is 7.69. The van der Waals surface area contributed by atoms with Gasteiger partial charge < -0.3 is 9.64 Å². The van der Waals surface area contributed by atoms with Crippen molar-refractivity contribution in [1.82, 2.24) is 19.5 Å². The molecular weight excluding hydrogens is 392 g/mol. The smallest absolute Gasteiger partial charge is 0.340 e. The van der Waals surface area contributed by atoms with E-state index in [0.717, 1.165) is 17.5 Å². The summed E-state index contributed by atoms with van der Waals surface area (Å²) in [7, 11) is 0. The number of ether oxygens (including phenoxy) is 1. The lowest BCUT2D eigenvalue weighted by molar-refractivity contribution is -0.135. The number of amides is 1. The first-order valence-corrected chi connectivity index (χ1v) is 10.0. The van der Waals surface area contributed by atoms with Gasteiger partial charge in [0, 0.05) is 19.3 Å². The first-order chi connectivity index (χ1) is 15.2. The Bertz CT molecular complexity index is 1160. The summed E-state index contributed by atoms with van der Waals surface area (Å²) in [6, 6.07) is 23.0. The molecule has 0 N–H and O–H groups in total. The lowest BCUT2D eigenvalue weighted by Crippen LogP contribution is -2.35. The highest BCUT2D eigenvalue weighted by molar-refractivity contribution is 5.91. The van der Waals surface area contributed by atoms with Gasteiger partial charge in [-0.1, -0.05) is 60.7 Å². The number of carbonyl (C=O) groups excluding carboxylic acids is 2. The molecule has 31 heavy (non-hydrogen) atoms. The van der Waals surface area contributed by atoms with Crippen molar-refractivity contribution in [3.8, 4) is 0 Å². The van der Waals surface area contributed by atoms with E-state index in [1.807, 2.05) is 60.7 Å². The predicted molar refractivity (Wildman–Crippen MR) is 115 cm³/mol. The standard InChI is InChI=1S/C24H22N4O3/c29-23(17-31-24(30)21-11-12-22-26-25-18-28(22)16-21)27(15-20-9-5-2-6-10-20)14-13-19-7-3-1-4-8-19/h1-12,16,18H,13-15,17H2. The van der Waals surface area contributed by atoms with Crippen molar-refractivity contribution >= 4 is 17.5 Å². The second-order valence-corrected chi connectivity index (χ2v) is 7.13. The topological polar surface area (TPSA) is 76.8 Å². The molecule has 0 unspecified atom stereocenters. The Morgan fingerprint density at radius 1 is 0.903 bits per heavy atom. The number of fused-ring (bicyclic) bond motifs is 1. The molecule has 0 aliphatic rings. The zero-order valence-electron chi connectivity index (χ0n) is 16.9. The van der Waals surface area contributed by atoms with Gasteiger partial charge in [-0.3, -0.25) is 9.20 Å². The van der Waals surface area contributed by atoms with Crippen molar-refractivity contribution in [3.63, 3.8) is 0 Å². The zero-order chi connectivity index (χ0) is 21.5. The van der Waals surface area contributed by atoms with Crippen LogP contribution in [0.2, 0.25) is 0 Å². The van der Waals surface area contributed by atoms with E-state index in [2.05, 4.69) is 10.2 Å². The highest BCUT2D eigenvalue weighted by Crippen LogP contribution is 2.10. The number of esters is 1. The van der Waals surface area contributed by atoms with Crippen molar-refractivity contribution in [1.29, 1.82) is 0 Å². The van der Waals surface area contributed by atoms with E-state index in [-0.39, 0.29) is 12.5 Å². The molecule has 0 saturated carbocycles. The number of hydrogen-bond donors (Lipinski definition) is 0. The summed E-state index contributed by atoms with van der Waals surface area (Å²) in [6.07, 6.45) is 3.80. The van der Waals surface area contributed by atoms with Crippen LogP contribution in [0.3, 0.4) is 0 Å². The largest absolute Gasteiger partial charge is 0.452 e. The minimum absolute atomic E-state index is 0.237. The molecule has 0 spiro atoms. The highest BCUT2D eigenvalue weighted by Gasteiger charge is 2.17. The second kappa shape index (κ2) is 9.67. The molecule has 0 bridgehead atoms. The number of hydrogen-bond acceptors (Lipinski definition) is 5. The maximum absolute atomic E-state index is 12.9. The Hall–Kier alpha value is -4.00. The Morgan fingerprint density at radius 3 is 2.35 bits per heavy atom. The average Bonchev–Trinajstić information content (AvgIpc) is 3.29. The molecule has 156 valence electrons. The van der Waals surface area contributed by atoms with Crippen LogP contribution in [-0.4, -0.2) is 44.5 Å². The number of benzene rings is 2. The maximum Gasteiger partial charge on any atom is 0.340 e. The van der Waals surface area contributed by atoms with E-state index in [9.17, 15) is 9.59 Å². The van der Waals surface area contributed by atoms with Crippen molar-refractivity contribution in [3.05, 3.63) is 102 Å². The maximum atomic E-state index is 12.9. The fraction of sp³-hybridized carbons (Fsp3) is 0.167. The van der Waals surface area contributed by atoms with E-state index in [1.54, 1.807) is 27.6 Å². The lowest BCUT2D eigenvalue weighted by atomic mass is 10.1. The van der Waals surface area contributed by atoms with Gasteiger partial charge in [0.1, 0.15) is 6.33 Å². The van der Waals surface area contributed by atoms with Crippen molar-refractivity contribution in [2.24, 2.45) is 0 Å². The van der Waals surface area contributed by atoms with Crippen molar-refractivity contribution in [2.75, 3.05) is 13.2 Å². The summed E-state index contributed by atoms with van der Waals surface area (Å²) in [6.45, 7) is 0.666. The Kier molecular flexibility index (Phi) is 6.32. The quantitative estimate of drug-likeness (QED) is 0.414. The Morgan fingerprint density at radius 2 is 1.61 bits per heavy atom. The molecule has 2 heterocycles. The van der Waals surface area contributed by atoms with Crippen molar-refractivity contribution in [2.45, 2.75) is 13.0 Å². The van der Waals surface area contributed by atoms with Gasteiger partial charge in [-0.2, -0.15) is 0 Å². The number of aromatic nitrogens is 3. The van der Waals surface area contributed by atoms with Gasteiger partial charge in [-0.15, -0.1) is 10.2 Å². The highest BCUT2D eigenvalue weighted by atomic mass is 16.5. The molecule has 4 rings (SSSR count). The Balaban J connectivity index is 1.40. The summed E-state index contributed by atoms with van der Waals surface area (Å²) in [5.41, 5.74) is 3.13. The zero-order valence-corrected chi connectivity index (χ0v) is 16.9. The molecule has 1 amide bonds. The molecule has 0 aliphatic heterocycles. The number of pyridine rings is 1. The normalized spacial score (nSPS) is 10.7. The molecule has 0 saturated heterocycles. The molecule has 0 radical (unpaired) electrons. The third kappa shape index (κ3) is 5.33. The monoisotopic (exact) mass is 414 g/mol. The minimum atomic E-state index is -0.563. The van der Waals surface area contributed by atoms with E-state index in [0.29, 0.717) is 24.3 Å². The molecule has 0 atom stereocenters. The van der Waals surface area contributed by atoms with Crippen LogP contribution in [0.25, 0.3) is 5.65 Å². The Labute approximate surface area is 179 Å². The van der Waals surface area contributed by atoms with Gasteiger partial charge in [-0.05, 0) is 29.7 Å². The number of carbonyl (C=O) groups is 2. The van der Waals surface area contributed by atoms with E-state index < -0.39 is 5.97 Å². The second-order valence-electron chi connectivity index (χ2n) is 7.13. The van der Waals surface area contributed by atoms with Gasteiger partial charge in [0.05, 0.1) is 5.56 Å². The van der Waals surface area contributed by atoms with Gasteiger partial charge in [-0.25, -0.2) is 4.79 Å². The van der Waals surface area contributed by atoms with Crippen LogP contribution < -0.4 is 0 Å². The van der Waals surface area contributed by atoms with Crippen LogP contribution >= 0.6 is 0 Å². The van der Waals surface area contributed by atoms with Gasteiger partial charge >= 0.3 is 5.97 Å². The first kappa shape index (κ1) is 20.3. The van der Waals surface area contributed by atoms with Crippen LogP contribution in [0, 0.1) is 0 Å². The van der Waals surface area contributed by atoms with Gasteiger partial charge in [0.15, 0.2) is 12.3 Å². The average molecular weight is 414 g/mol. The van der Waals surface area contributed by atoms with E-state index >= 15 is 0 Å². The predicted octanol–water partition coefficient (Wildman–Crippen LogP) is 3.16. The van der Waals surface area contributed by atoms with Crippen LogP contribution in [0.4, 0.5) is 0 Å². The van der Waals surface area contributed by atoms with Crippen LogP contribution in [-0.2, 0) is 22.5 Å². The lowest BCUT2D eigenvalue weighted by Gasteiger charge is -2.23. The minimum Gasteiger partial charge on any atom is -0.452 e. The molecule has 4 aromatic rings. The number of rotatable bonds is 8. The fourth-order valence-corrected chi connectivity index (χ4v) is 3.25. The van der Waals surface area contributed by atoms with Crippen molar-refractivity contribution < 1.29 is 14.3 Å². The third-order valence-corrected chi connectivity index (χ3v) is 4.94. The summed E-state index contributed by atoms with van der Waals surface area (Å²) in [4.78, 5) is 27.0. The molecule has 2 aromatic heterocycles. The molecular formula is C24H22N4O3. The molecule has 7 heteroatoms. The summed E-state index contributed by atoms with van der Waals surface area (Å²) < 4.78 is 6.93. The SMILES string of the molecule is O=C(OCC(=O)N(CCc1ccccc1)Cc1ccccc1)c1ccc2nncn2c1. The molecule has 0 aliphatic carbocycles. The van der Waals surface area contributed by atoms with Crippen LogP contribution in [0.5, 0.6) is 0 Å². The third-order valence-electron chi connectivity index (χ3n) is 4.94. The molecule has 0 fully saturated rings. The van der Waals surface area contributed by atoms with Gasteiger partial charge in [0.2, 0.25) is 0 Å². The first-order valence-electron chi connectivity index (χ1n) is 10.0. The van der Waals surface area contributed by atoms with Gasteiger partial charge in [0.25, 0.3) is 5.91 Å².